The van der Waals surface area contributed by atoms with Crippen LogP contribution >= 0.6 is 0 Å². The summed E-state index contributed by atoms with van der Waals surface area (Å²) in [5, 5.41) is 13.4. The molecule has 116 valence electrons. The number of anilines is 1. The third-order valence-corrected chi connectivity index (χ3v) is 5.38. The van der Waals surface area contributed by atoms with E-state index < -0.39 is 0 Å². The average Bonchev–Trinajstić information content (AvgIpc) is 3.04. The van der Waals surface area contributed by atoms with Crippen LogP contribution < -0.4 is 10.2 Å². The van der Waals surface area contributed by atoms with E-state index in [1.165, 1.54) is 44.2 Å². The van der Waals surface area contributed by atoms with Crippen LogP contribution in [-0.2, 0) is 0 Å². The van der Waals surface area contributed by atoms with Crippen molar-refractivity contribution in [1.29, 1.82) is 0 Å². The molecule has 3 heteroatoms. The summed E-state index contributed by atoms with van der Waals surface area (Å²) < 4.78 is 0. The summed E-state index contributed by atoms with van der Waals surface area (Å²) in [6, 6.07) is 11.3. The van der Waals surface area contributed by atoms with Crippen molar-refractivity contribution >= 4 is 5.69 Å². The fourth-order valence-corrected chi connectivity index (χ4v) is 3.86. The van der Waals surface area contributed by atoms with Gasteiger partial charge in [0, 0.05) is 43.4 Å². The number of rotatable bonds is 5. The Labute approximate surface area is 128 Å². The number of piperidine rings is 1. The lowest BCUT2D eigenvalue weighted by Crippen LogP contribution is -2.46. The summed E-state index contributed by atoms with van der Waals surface area (Å²) in [5.41, 5.74) is 1.52. The highest BCUT2D eigenvalue weighted by molar-refractivity contribution is 5.46. The van der Waals surface area contributed by atoms with Gasteiger partial charge in [-0.15, -0.1) is 0 Å². The van der Waals surface area contributed by atoms with Crippen molar-refractivity contribution in [1.82, 2.24) is 5.32 Å². The second kappa shape index (κ2) is 6.80. The van der Waals surface area contributed by atoms with E-state index >= 15 is 0 Å². The summed E-state index contributed by atoms with van der Waals surface area (Å²) in [4.78, 5) is 2.48. The molecule has 0 spiro atoms. The lowest BCUT2D eigenvalue weighted by atomic mass is 9.86. The Morgan fingerprint density at radius 2 is 1.76 bits per heavy atom. The van der Waals surface area contributed by atoms with Crippen LogP contribution in [0.15, 0.2) is 30.3 Å². The molecule has 2 N–H and O–H groups in total. The molecular weight excluding hydrogens is 260 g/mol. The molecule has 2 fully saturated rings. The maximum absolute atomic E-state index is 9.69. The van der Waals surface area contributed by atoms with Gasteiger partial charge in [-0.3, -0.25) is 0 Å². The van der Waals surface area contributed by atoms with Crippen molar-refractivity contribution in [3.8, 4) is 0 Å². The molecule has 1 heterocycles. The zero-order chi connectivity index (χ0) is 14.5. The van der Waals surface area contributed by atoms with Crippen molar-refractivity contribution in [2.75, 3.05) is 31.1 Å². The second-order valence-electron chi connectivity index (χ2n) is 6.84. The van der Waals surface area contributed by atoms with Crippen LogP contribution in [0.4, 0.5) is 5.69 Å². The smallest absolute Gasteiger partial charge is 0.0499 e. The normalized spacial score (nSPS) is 22.6. The molecule has 3 nitrogen and oxygen atoms in total. The highest BCUT2D eigenvalue weighted by atomic mass is 16.3. The van der Waals surface area contributed by atoms with Crippen LogP contribution in [0.25, 0.3) is 0 Å². The number of benzene rings is 1. The average molecular weight is 288 g/mol. The molecule has 1 aliphatic heterocycles. The molecule has 3 rings (SSSR count). The Bertz CT molecular complexity index is 420. The monoisotopic (exact) mass is 288 g/mol. The third kappa shape index (κ3) is 3.58. The first-order chi connectivity index (χ1) is 10.3. The molecule has 1 saturated carbocycles. The molecule has 0 atom stereocenters. The molecule has 0 radical (unpaired) electrons. The quantitative estimate of drug-likeness (QED) is 0.874. The minimum atomic E-state index is 0.177. The van der Waals surface area contributed by atoms with Crippen LogP contribution in [0.5, 0.6) is 0 Å². The largest absolute Gasteiger partial charge is 0.396 e. The number of aliphatic hydroxyl groups excluding tert-OH is 1. The predicted octanol–water partition coefficient (Wildman–Crippen LogP) is 2.80. The molecule has 0 amide bonds. The van der Waals surface area contributed by atoms with Crippen molar-refractivity contribution in [2.24, 2.45) is 5.41 Å². The zero-order valence-electron chi connectivity index (χ0n) is 12.9. The molecule has 2 aliphatic rings. The number of hydrogen-bond donors (Lipinski definition) is 2. The molecule has 0 bridgehead atoms. The Kier molecular flexibility index (Phi) is 4.81. The molecule has 1 saturated heterocycles. The van der Waals surface area contributed by atoms with Gasteiger partial charge >= 0.3 is 0 Å². The summed E-state index contributed by atoms with van der Waals surface area (Å²) in [6.45, 7) is 3.62. The molecule has 1 aromatic rings. The first-order valence-electron chi connectivity index (χ1n) is 8.46. The van der Waals surface area contributed by atoms with E-state index in [2.05, 4.69) is 40.5 Å². The zero-order valence-corrected chi connectivity index (χ0v) is 12.9. The van der Waals surface area contributed by atoms with Crippen molar-refractivity contribution in [3.05, 3.63) is 30.3 Å². The Hall–Kier alpha value is -1.06. The number of nitrogens with one attached hydrogen (secondary N) is 1. The van der Waals surface area contributed by atoms with Gasteiger partial charge in [0.05, 0.1) is 0 Å². The standard InChI is InChI=1S/C18H28N2O/c21-15-18(10-4-5-11-18)14-19-16-8-12-20(13-9-16)17-6-2-1-3-7-17/h1-3,6-7,16,19,21H,4-5,8-15H2. The predicted molar refractivity (Wildman–Crippen MR) is 87.7 cm³/mol. The Morgan fingerprint density at radius 3 is 2.38 bits per heavy atom. The van der Waals surface area contributed by atoms with Crippen molar-refractivity contribution in [3.63, 3.8) is 0 Å². The molecular formula is C18H28N2O. The fraction of sp³-hybridized carbons (Fsp3) is 0.667. The summed E-state index contributed by atoms with van der Waals surface area (Å²) in [5.74, 6) is 0. The van der Waals surface area contributed by atoms with Crippen LogP contribution in [0.3, 0.4) is 0 Å². The maximum Gasteiger partial charge on any atom is 0.0499 e. The van der Waals surface area contributed by atoms with E-state index in [-0.39, 0.29) is 5.41 Å². The van der Waals surface area contributed by atoms with Crippen LogP contribution in [0.2, 0.25) is 0 Å². The number of aliphatic hydroxyl groups is 1. The van der Waals surface area contributed by atoms with Gasteiger partial charge in [0.15, 0.2) is 0 Å². The second-order valence-corrected chi connectivity index (χ2v) is 6.84. The molecule has 1 aromatic carbocycles. The first kappa shape index (κ1) is 14.9. The van der Waals surface area contributed by atoms with Crippen LogP contribution in [0.1, 0.15) is 38.5 Å². The number of hydrogen-bond acceptors (Lipinski definition) is 3. The minimum absolute atomic E-state index is 0.177. The van der Waals surface area contributed by atoms with E-state index in [9.17, 15) is 5.11 Å². The molecule has 21 heavy (non-hydrogen) atoms. The molecule has 0 unspecified atom stereocenters. The molecule has 1 aliphatic carbocycles. The van der Waals surface area contributed by atoms with Gasteiger partial charge in [-0.25, -0.2) is 0 Å². The van der Waals surface area contributed by atoms with Crippen molar-refractivity contribution < 1.29 is 5.11 Å². The van der Waals surface area contributed by atoms with E-state index in [0.717, 1.165) is 19.6 Å². The van der Waals surface area contributed by atoms with Crippen LogP contribution in [0, 0.1) is 5.41 Å². The van der Waals surface area contributed by atoms with E-state index in [1.807, 2.05) is 0 Å². The molecule has 0 aromatic heterocycles. The SMILES string of the molecule is OCC1(CNC2CCN(c3ccccc3)CC2)CCCC1. The first-order valence-corrected chi connectivity index (χ1v) is 8.46. The Morgan fingerprint density at radius 1 is 1.10 bits per heavy atom. The number of para-hydroxylation sites is 1. The van der Waals surface area contributed by atoms with E-state index in [4.69, 9.17) is 0 Å². The van der Waals surface area contributed by atoms with Gasteiger partial charge in [0.1, 0.15) is 0 Å². The van der Waals surface area contributed by atoms with Crippen LogP contribution in [-0.4, -0.2) is 37.4 Å². The third-order valence-electron chi connectivity index (χ3n) is 5.38. The summed E-state index contributed by atoms with van der Waals surface area (Å²) >= 11 is 0. The summed E-state index contributed by atoms with van der Waals surface area (Å²) in [6.07, 6.45) is 7.37. The topological polar surface area (TPSA) is 35.5 Å². The fourth-order valence-electron chi connectivity index (χ4n) is 3.86. The van der Waals surface area contributed by atoms with Gasteiger partial charge in [0.25, 0.3) is 0 Å². The minimum Gasteiger partial charge on any atom is -0.396 e. The van der Waals surface area contributed by atoms with Gasteiger partial charge in [-0.05, 0) is 37.8 Å². The van der Waals surface area contributed by atoms with E-state index in [1.54, 1.807) is 0 Å². The highest BCUT2D eigenvalue weighted by Crippen LogP contribution is 2.37. The lowest BCUT2D eigenvalue weighted by molar-refractivity contribution is 0.123. The van der Waals surface area contributed by atoms with Gasteiger partial charge in [0.2, 0.25) is 0 Å². The van der Waals surface area contributed by atoms with Gasteiger partial charge in [-0.2, -0.15) is 0 Å². The lowest BCUT2D eigenvalue weighted by Gasteiger charge is -2.36. The van der Waals surface area contributed by atoms with E-state index in [0.29, 0.717) is 12.6 Å². The van der Waals surface area contributed by atoms with Crippen molar-refractivity contribution in [2.45, 2.75) is 44.6 Å². The van der Waals surface area contributed by atoms with Gasteiger partial charge < -0.3 is 15.3 Å². The highest BCUT2D eigenvalue weighted by Gasteiger charge is 2.33. The van der Waals surface area contributed by atoms with Gasteiger partial charge in [-0.1, -0.05) is 31.0 Å². The Balaban J connectivity index is 1.46. The maximum atomic E-state index is 9.69. The number of nitrogens with zero attached hydrogens (tertiary/aromatic N) is 1. The summed E-state index contributed by atoms with van der Waals surface area (Å²) in [7, 11) is 0.